The van der Waals surface area contributed by atoms with E-state index in [1.54, 1.807) is 6.92 Å². The Morgan fingerprint density at radius 2 is 1.62 bits per heavy atom. The molecule has 2 nitrogen and oxygen atoms in total. The highest BCUT2D eigenvalue weighted by atomic mass is 35.5. The number of nitrogens with one attached hydrogen (secondary N) is 1. The predicted octanol–water partition coefficient (Wildman–Crippen LogP) is 2.55. The van der Waals surface area contributed by atoms with Crippen LogP contribution >= 0.6 is 11.6 Å². The number of alkyl halides is 1. The van der Waals surface area contributed by atoms with Crippen LogP contribution in [0.5, 0.6) is 0 Å². The van der Waals surface area contributed by atoms with Crippen molar-refractivity contribution >= 4 is 17.5 Å². The summed E-state index contributed by atoms with van der Waals surface area (Å²) in [5.74, 6) is -0.110. The minimum Gasteiger partial charge on any atom is -0.349 e. The zero-order valence-corrected chi connectivity index (χ0v) is 10.1. The van der Waals surface area contributed by atoms with Crippen LogP contribution in [0.15, 0.2) is 0 Å². The first-order chi connectivity index (χ1) is 5.58. The molecule has 0 aliphatic heterocycles. The molecule has 0 rings (SSSR count). The fourth-order valence-corrected chi connectivity index (χ4v) is 0.650. The highest BCUT2D eigenvalue weighted by Gasteiger charge is 2.34. The Bertz CT molecular complexity index is 192. The number of hydrogen-bond acceptors (Lipinski definition) is 1. The maximum absolute atomic E-state index is 11.4. The van der Waals surface area contributed by atoms with Gasteiger partial charge in [-0.3, -0.25) is 4.79 Å². The van der Waals surface area contributed by atoms with Gasteiger partial charge in [-0.2, -0.15) is 0 Å². The van der Waals surface area contributed by atoms with Gasteiger partial charge >= 0.3 is 0 Å². The summed E-state index contributed by atoms with van der Waals surface area (Å²) < 4.78 is 0. The van der Waals surface area contributed by atoms with Crippen LogP contribution < -0.4 is 5.32 Å². The van der Waals surface area contributed by atoms with Crippen molar-refractivity contribution in [3.8, 4) is 0 Å². The largest absolute Gasteiger partial charge is 0.349 e. The summed E-state index contributed by atoms with van der Waals surface area (Å²) in [5, 5.41) is 2.45. The molecule has 1 atom stereocenters. The third-order valence-corrected chi connectivity index (χ3v) is 2.87. The lowest BCUT2D eigenvalue weighted by molar-refractivity contribution is -0.123. The van der Waals surface area contributed by atoms with Crippen molar-refractivity contribution in [3.05, 3.63) is 0 Å². The van der Waals surface area contributed by atoms with Crippen LogP contribution in [-0.4, -0.2) is 16.8 Å². The van der Waals surface area contributed by atoms with E-state index in [4.69, 9.17) is 11.6 Å². The van der Waals surface area contributed by atoms with Crippen molar-refractivity contribution in [1.82, 2.24) is 5.32 Å². The minimum absolute atomic E-state index is 0.0223. The lowest BCUT2D eigenvalue weighted by Crippen LogP contribution is -2.54. The summed E-state index contributed by atoms with van der Waals surface area (Å²) in [4.78, 5) is 11.4. The molecular formula is C10H20ClNO. The molecule has 0 aliphatic carbocycles. The second kappa shape index (κ2) is 3.87. The van der Waals surface area contributed by atoms with E-state index in [-0.39, 0.29) is 16.9 Å². The topological polar surface area (TPSA) is 29.1 Å². The van der Waals surface area contributed by atoms with Crippen molar-refractivity contribution in [2.45, 2.75) is 52.5 Å². The van der Waals surface area contributed by atoms with Crippen LogP contribution in [0.25, 0.3) is 0 Å². The molecule has 1 N–H and O–H groups in total. The molecule has 3 heteroatoms. The number of amides is 1. The first-order valence-electron chi connectivity index (χ1n) is 4.54. The molecule has 78 valence electrons. The van der Waals surface area contributed by atoms with E-state index in [1.165, 1.54) is 0 Å². The maximum atomic E-state index is 11.4. The van der Waals surface area contributed by atoms with Gasteiger partial charge in [0.15, 0.2) is 0 Å². The predicted molar refractivity (Wildman–Crippen MR) is 57.0 cm³/mol. The van der Waals surface area contributed by atoms with Crippen LogP contribution in [0.4, 0.5) is 0 Å². The van der Waals surface area contributed by atoms with Gasteiger partial charge in [-0.25, -0.2) is 0 Å². The molecule has 0 heterocycles. The van der Waals surface area contributed by atoms with Crippen molar-refractivity contribution in [1.29, 1.82) is 0 Å². The van der Waals surface area contributed by atoms with Gasteiger partial charge in [0.1, 0.15) is 5.38 Å². The van der Waals surface area contributed by atoms with Gasteiger partial charge in [0.2, 0.25) is 5.91 Å². The molecule has 0 fully saturated rings. The van der Waals surface area contributed by atoms with Crippen LogP contribution in [0.2, 0.25) is 0 Å². The first-order valence-corrected chi connectivity index (χ1v) is 4.97. The normalized spacial score (nSPS) is 15.3. The molecule has 13 heavy (non-hydrogen) atoms. The molecule has 0 aliphatic rings. The zero-order chi connectivity index (χ0) is 10.9. The lowest BCUT2D eigenvalue weighted by Gasteiger charge is -2.39. The van der Waals surface area contributed by atoms with E-state index >= 15 is 0 Å². The standard InChI is InChI=1S/C10H20ClNO/c1-7(11)8(13)12-10(5,6)9(2,3)4/h7H,1-6H3,(H,12,13). The molecule has 1 amide bonds. The van der Waals surface area contributed by atoms with Gasteiger partial charge in [-0.05, 0) is 26.2 Å². The summed E-state index contributed by atoms with van der Waals surface area (Å²) in [6.07, 6.45) is 0. The molecular weight excluding hydrogens is 186 g/mol. The number of rotatable bonds is 2. The summed E-state index contributed by atoms with van der Waals surface area (Å²) in [6.45, 7) is 12.0. The average Bonchev–Trinajstić information content (AvgIpc) is 1.83. The van der Waals surface area contributed by atoms with E-state index in [0.29, 0.717) is 0 Å². The first kappa shape index (κ1) is 12.8. The van der Waals surface area contributed by atoms with Crippen LogP contribution in [-0.2, 0) is 4.79 Å². The molecule has 0 radical (unpaired) electrons. The second-order valence-electron chi connectivity index (χ2n) is 4.98. The fraction of sp³-hybridized carbons (Fsp3) is 0.900. The van der Waals surface area contributed by atoms with Gasteiger partial charge < -0.3 is 5.32 Å². The molecule has 0 aromatic carbocycles. The highest BCUT2D eigenvalue weighted by Crippen LogP contribution is 2.29. The lowest BCUT2D eigenvalue weighted by atomic mass is 9.76. The third-order valence-electron chi connectivity index (χ3n) is 2.67. The van der Waals surface area contributed by atoms with Crippen molar-refractivity contribution in [3.63, 3.8) is 0 Å². The third kappa shape index (κ3) is 3.55. The molecule has 0 saturated heterocycles. The van der Waals surface area contributed by atoms with E-state index in [1.807, 2.05) is 13.8 Å². The SMILES string of the molecule is CC(Cl)C(=O)NC(C)(C)C(C)(C)C. The summed E-state index contributed by atoms with van der Waals surface area (Å²) in [5.41, 5.74) is -0.221. The fourth-order valence-electron chi connectivity index (χ4n) is 0.595. The minimum atomic E-state index is -0.471. The Hall–Kier alpha value is -0.240. The molecule has 0 saturated carbocycles. The smallest absolute Gasteiger partial charge is 0.238 e. The van der Waals surface area contributed by atoms with Crippen molar-refractivity contribution in [2.24, 2.45) is 5.41 Å². The van der Waals surface area contributed by atoms with E-state index in [2.05, 4.69) is 26.1 Å². The molecule has 0 aromatic rings. The Balaban J connectivity index is 4.44. The van der Waals surface area contributed by atoms with Gasteiger partial charge in [-0.15, -0.1) is 11.6 Å². The average molecular weight is 206 g/mol. The Kier molecular flexibility index (Phi) is 3.80. The number of carbonyl (C=O) groups is 1. The van der Waals surface area contributed by atoms with E-state index in [9.17, 15) is 4.79 Å². The number of halogens is 1. The number of carbonyl (C=O) groups excluding carboxylic acids is 1. The molecule has 1 unspecified atom stereocenters. The van der Waals surface area contributed by atoms with Crippen molar-refractivity contribution in [2.75, 3.05) is 0 Å². The molecule has 0 bridgehead atoms. The van der Waals surface area contributed by atoms with Gasteiger partial charge in [0, 0.05) is 5.54 Å². The Morgan fingerprint density at radius 1 is 1.23 bits per heavy atom. The maximum Gasteiger partial charge on any atom is 0.238 e. The molecule has 0 aromatic heterocycles. The number of hydrogen-bond donors (Lipinski definition) is 1. The highest BCUT2D eigenvalue weighted by molar-refractivity contribution is 6.30. The van der Waals surface area contributed by atoms with Gasteiger partial charge in [0.25, 0.3) is 0 Å². The quantitative estimate of drug-likeness (QED) is 0.690. The monoisotopic (exact) mass is 205 g/mol. The van der Waals surface area contributed by atoms with E-state index in [0.717, 1.165) is 0 Å². The summed E-state index contributed by atoms with van der Waals surface area (Å²) in [7, 11) is 0. The second-order valence-corrected chi connectivity index (χ2v) is 5.63. The summed E-state index contributed by atoms with van der Waals surface area (Å²) >= 11 is 5.67. The molecule has 0 spiro atoms. The van der Waals surface area contributed by atoms with Crippen LogP contribution in [0, 0.1) is 5.41 Å². The zero-order valence-electron chi connectivity index (χ0n) is 9.36. The van der Waals surface area contributed by atoms with Crippen LogP contribution in [0.1, 0.15) is 41.5 Å². The van der Waals surface area contributed by atoms with Crippen molar-refractivity contribution < 1.29 is 4.79 Å². The summed E-state index contributed by atoms with van der Waals surface area (Å²) in [6, 6.07) is 0. The van der Waals surface area contributed by atoms with Gasteiger partial charge in [0.05, 0.1) is 0 Å². The Labute approximate surface area is 86.0 Å². The van der Waals surface area contributed by atoms with Crippen LogP contribution in [0.3, 0.4) is 0 Å². The van der Waals surface area contributed by atoms with E-state index < -0.39 is 5.38 Å². The Morgan fingerprint density at radius 3 is 1.85 bits per heavy atom. The van der Waals surface area contributed by atoms with Gasteiger partial charge in [-0.1, -0.05) is 20.8 Å².